The number of amides is 1. The van der Waals surface area contributed by atoms with Crippen molar-refractivity contribution in [3.63, 3.8) is 0 Å². The molecular formula is C28H23N3O4. The average molecular weight is 466 g/mol. The van der Waals surface area contributed by atoms with Crippen LogP contribution in [-0.2, 0) is 11.3 Å². The lowest BCUT2D eigenvalue weighted by atomic mass is 9.98. The molecule has 5 aromatic rings. The first-order valence-electron chi connectivity index (χ1n) is 11.5. The second-order valence-corrected chi connectivity index (χ2v) is 8.46. The Morgan fingerprint density at radius 1 is 0.971 bits per heavy atom. The number of furan rings is 1. The number of benzene rings is 3. The van der Waals surface area contributed by atoms with E-state index in [1.807, 2.05) is 54.6 Å². The summed E-state index contributed by atoms with van der Waals surface area (Å²) in [5.41, 5.74) is 5.97. The second kappa shape index (κ2) is 8.77. The number of anilines is 1. The van der Waals surface area contributed by atoms with Gasteiger partial charge in [-0.25, -0.2) is 9.48 Å². The number of hydrogen-bond acceptors (Lipinski definition) is 5. The second-order valence-electron chi connectivity index (χ2n) is 8.46. The minimum absolute atomic E-state index is 0.0263. The van der Waals surface area contributed by atoms with Gasteiger partial charge in [-0.3, -0.25) is 5.32 Å². The fourth-order valence-electron chi connectivity index (χ4n) is 4.75. The largest absolute Gasteiger partial charge is 0.454 e. The molecule has 0 aliphatic heterocycles. The highest BCUT2D eigenvalue weighted by Gasteiger charge is 2.29. The van der Waals surface area contributed by atoms with Gasteiger partial charge in [0.1, 0.15) is 23.7 Å². The van der Waals surface area contributed by atoms with Gasteiger partial charge in [0, 0.05) is 17.4 Å². The monoisotopic (exact) mass is 465 g/mol. The summed E-state index contributed by atoms with van der Waals surface area (Å²) >= 11 is 0. The number of aliphatic hydroxyl groups is 1. The van der Waals surface area contributed by atoms with Crippen LogP contribution in [0.4, 0.5) is 10.6 Å². The smallest absolute Gasteiger partial charge is 0.412 e. The van der Waals surface area contributed by atoms with E-state index < -0.39 is 6.09 Å². The summed E-state index contributed by atoms with van der Waals surface area (Å²) in [6.45, 7) is 0.310. The van der Waals surface area contributed by atoms with E-state index in [4.69, 9.17) is 9.15 Å². The Morgan fingerprint density at radius 2 is 1.66 bits per heavy atom. The Labute approximate surface area is 201 Å². The van der Waals surface area contributed by atoms with Gasteiger partial charge in [-0.2, -0.15) is 5.10 Å². The zero-order chi connectivity index (χ0) is 23.8. The van der Waals surface area contributed by atoms with Crippen molar-refractivity contribution < 1.29 is 19.1 Å². The molecule has 1 amide bonds. The number of para-hydroxylation sites is 1. The van der Waals surface area contributed by atoms with E-state index in [1.165, 1.54) is 15.8 Å². The van der Waals surface area contributed by atoms with Crippen LogP contribution in [-0.4, -0.2) is 34.2 Å². The van der Waals surface area contributed by atoms with E-state index in [0.29, 0.717) is 17.3 Å². The van der Waals surface area contributed by atoms with Gasteiger partial charge >= 0.3 is 6.09 Å². The van der Waals surface area contributed by atoms with Gasteiger partial charge < -0.3 is 14.3 Å². The highest BCUT2D eigenvalue weighted by Crippen LogP contribution is 2.44. The van der Waals surface area contributed by atoms with Crippen molar-refractivity contribution in [2.75, 3.05) is 18.5 Å². The predicted molar refractivity (Wildman–Crippen MR) is 133 cm³/mol. The molecule has 0 fully saturated rings. The van der Waals surface area contributed by atoms with Crippen molar-refractivity contribution in [1.82, 2.24) is 9.78 Å². The molecule has 0 radical (unpaired) electrons. The van der Waals surface area contributed by atoms with Crippen molar-refractivity contribution in [2.24, 2.45) is 0 Å². The molecule has 7 heteroatoms. The summed E-state index contributed by atoms with van der Waals surface area (Å²) in [5, 5.41) is 17.7. The van der Waals surface area contributed by atoms with Crippen LogP contribution in [0, 0.1) is 0 Å². The highest BCUT2D eigenvalue weighted by atomic mass is 16.5. The number of fused-ring (bicyclic) bond motifs is 4. The van der Waals surface area contributed by atoms with Crippen molar-refractivity contribution in [2.45, 2.75) is 12.5 Å². The lowest BCUT2D eigenvalue weighted by Crippen LogP contribution is -2.20. The molecule has 0 bridgehead atoms. The van der Waals surface area contributed by atoms with E-state index in [1.54, 1.807) is 6.07 Å². The molecule has 0 unspecified atom stereocenters. The molecule has 1 aliphatic carbocycles. The molecule has 7 nitrogen and oxygen atoms in total. The van der Waals surface area contributed by atoms with Gasteiger partial charge in [0.05, 0.1) is 13.2 Å². The van der Waals surface area contributed by atoms with E-state index in [-0.39, 0.29) is 25.7 Å². The van der Waals surface area contributed by atoms with Crippen molar-refractivity contribution in [3.05, 3.63) is 96.1 Å². The van der Waals surface area contributed by atoms with Crippen molar-refractivity contribution in [1.29, 1.82) is 0 Å². The number of nitrogens with zero attached hydrogens (tertiary/aromatic N) is 2. The van der Waals surface area contributed by atoms with Crippen LogP contribution in [0.25, 0.3) is 33.6 Å². The minimum atomic E-state index is -0.581. The van der Waals surface area contributed by atoms with E-state index in [2.05, 4.69) is 34.7 Å². The van der Waals surface area contributed by atoms with Crippen LogP contribution in [0.1, 0.15) is 17.0 Å². The third kappa shape index (κ3) is 3.86. The molecule has 2 heterocycles. The minimum Gasteiger partial charge on any atom is -0.454 e. The Kier molecular flexibility index (Phi) is 5.31. The number of aliphatic hydroxyl groups excluding tert-OH is 1. The third-order valence-electron chi connectivity index (χ3n) is 6.34. The van der Waals surface area contributed by atoms with Crippen molar-refractivity contribution >= 4 is 22.9 Å². The maximum Gasteiger partial charge on any atom is 0.412 e. The van der Waals surface area contributed by atoms with E-state index >= 15 is 0 Å². The summed E-state index contributed by atoms with van der Waals surface area (Å²) in [5.74, 6) is 0.979. The Balaban J connectivity index is 1.21. The molecule has 6 rings (SSSR count). The van der Waals surface area contributed by atoms with Crippen LogP contribution in [0.2, 0.25) is 0 Å². The zero-order valence-electron chi connectivity index (χ0n) is 18.8. The van der Waals surface area contributed by atoms with Crippen LogP contribution in [0.15, 0.2) is 89.3 Å². The standard InChI is InChI=1S/C28H23N3O4/c32-14-13-31-27(16-24(30-31)26-15-18-7-1-6-12-25(18)35-26)29-28(33)34-17-23-21-10-4-2-8-19(21)20-9-3-5-11-22(20)23/h1-12,15-16,23,32H,13-14,17H2,(H,29,33). The van der Waals surface area contributed by atoms with Gasteiger partial charge in [-0.15, -0.1) is 0 Å². The summed E-state index contributed by atoms with van der Waals surface area (Å²) in [7, 11) is 0. The number of rotatable bonds is 6. The van der Waals surface area contributed by atoms with Gasteiger partial charge in [0.15, 0.2) is 5.76 Å². The maximum atomic E-state index is 12.8. The van der Waals surface area contributed by atoms with E-state index in [0.717, 1.165) is 22.1 Å². The molecule has 0 saturated carbocycles. The van der Waals surface area contributed by atoms with Gasteiger partial charge in [0.25, 0.3) is 0 Å². The van der Waals surface area contributed by atoms with Crippen LogP contribution < -0.4 is 5.32 Å². The fraction of sp³-hybridized carbons (Fsp3) is 0.143. The molecule has 2 aromatic heterocycles. The lowest BCUT2D eigenvalue weighted by molar-refractivity contribution is 0.158. The molecule has 0 spiro atoms. The molecule has 0 atom stereocenters. The number of nitrogens with one attached hydrogen (secondary N) is 1. The molecule has 2 N–H and O–H groups in total. The van der Waals surface area contributed by atoms with Crippen LogP contribution in [0.5, 0.6) is 0 Å². The van der Waals surface area contributed by atoms with Crippen LogP contribution in [0.3, 0.4) is 0 Å². The Morgan fingerprint density at radius 3 is 2.37 bits per heavy atom. The number of carbonyl (C=O) groups is 1. The topological polar surface area (TPSA) is 89.5 Å². The lowest BCUT2D eigenvalue weighted by Gasteiger charge is -2.14. The quantitative estimate of drug-likeness (QED) is 0.338. The average Bonchev–Trinajstić information content (AvgIpc) is 3.57. The normalized spacial score (nSPS) is 12.5. The number of hydrogen-bond donors (Lipinski definition) is 2. The molecule has 174 valence electrons. The first kappa shape index (κ1) is 21.2. The molecular weight excluding hydrogens is 442 g/mol. The Bertz CT molecular complexity index is 1460. The fourth-order valence-corrected chi connectivity index (χ4v) is 4.75. The zero-order valence-corrected chi connectivity index (χ0v) is 18.8. The third-order valence-corrected chi connectivity index (χ3v) is 6.34. The molecule has 3 aromatic carbocycles. The van der Waals surface area contributed by atoms with Crippen molar-refractivity contribution in [3.8, 4) is 22.6 Å². The highest BCUT2D eigenvalue weighted by molar-refractivity contribution is 5.86. The SMILES string of the molecule is O=C(Nc1cc(-c2cc3ccccc3o2)nn1CCO)OCC1c2ccccc2-c2ccccc21. The van der Waals surface area contributed by atoms with Crippen LogP contribution >= 0.6 is 0 Å². The van der Waals surface area contributed by atoms with Gasteiger partial charge in [-0.1, -0.05) is 66.7 Å². The molecule has 35 heavy (non-hydrogen) atoms. The summed E-state index contributed by atoms with van der Waals surface area (Å²) in [6, 6.07) is 27.7. The first-order chi connectivity index (χ1) is 17.2. The summed E-state index contributed by atoms with van der Waals surface area (Å²) in [4.78, 5) is 12.8. The van der Waals surface area contributed by atoms with E-state index in [9.17, 15) is 9.90 Å². The maximum absolute atomic E-state index is 12.8. The molecule has 0 saturated heterocycles. The van der Waals surface area contributed by atoms with Gasteiger partial charge in [-0.05, 0) is 34.4 Å². The summed E-state index contributed by atoms with van der Waals surface area (Å²) < 4.78 is 13.1. The van der Waals surface area contributed by atoms with Gasteiger partial charge in [0.2, 0.25) is 0 Å². The number of aromatic nitrogens is 2. The summed E-state index contributed by atoms with van der Waals surface area (Å²) in [6.07, 6.45) is -0.581. The first-order valence-corrected chi connectivity index (χ1v) is 11.5. The number of carbonyl (C=O) groups excluding carboxylic acids is 1. The predicted octanol–water partition coefficient (Wildman–Crippen LogP) is 5.65. The molecule has 1 aliphatic rings. The Hall–Kier alpha value is -4.36. The number of ether oxygens (including phenoxy) is 1.